The van der Waals surface area contributed by atoms with Crippen LogP contribution in [-0.4, -0.2) is 54.8 Å². The summed E-state index contributed by atoms with van der Waals surface area (Å²) in [5.41, 5.74) is 3.94. The molecule has 1 fully saturated rings. The number of hydrogen-bond acceptors (Lipinski definition) is 6. The van der Waals surface area contributed by atoms with Crippen molar-refractivity contribution in [3.8, 4) is 5.75 Å². The summed E-state index contributed by atoms with van der Waals surface area (Å²) in [5.74, 6) is 0.821. The van der Waals surface area contributed by atoms with Gasteiger partial charge in [-0.2, -0.15) is 0 Å². The van der Waals surface area contributed by atoms with E-state index in [4.69, 9.17) is 21.1 Å². The van der Waals surface area contributed by atoms with Crippen molar-refractivity contribution < 1.29 is 23.3 Å². The van der Waals surface area contributed by atoms with Crippen LogP contribution in [-0.2, 0) is 26.5 Å². The minimum Gasteiger partial charge on any atom is -0.490 e. The van der Waals surface area contributed by atoms with E-state index in [-0.39, 0.29) is 17.3 Å². The normalized spacial score (nSPS) is 28.8. The Hall–Kier alpha value is -3.86. The first-order valence-corrected chi connectivity index (χ1v) is 19.2. The van der Waals surface area contributed by atoms with Gasteiger partial charge in [-0.3, -0.25) is 4.79 Å². The maximum atomic E-state index is 14.2. The maximum Gasteiger partial charge on any atom is 0.331 e. The number of ether oxygens (including phenoxy) is 2. The van der Waals surface area contributed by atoms with E-state index in [0.29, 0.717) is 48.3 Å². The van der Waals surface area contributed by atoms with Gasteiger partial charge in [-0.1, -0.05) is 48.0 Å². The summed E-state index contributed by atoms with van der Waals surface area (Å²) in [6.07, 6.45) is 10.3. The highest BCUT2D eigenvalue weighted by molar-refractivity contribution is 7.92. The molecule has 1 spiro atoms. The predicted molar refractivity (Wildman–Crippen MR) is 194 cm³/mol. The number of methoxy groups -OCH3 is 1. The molecule has 0 unspecified atom stereocenters. The van der Waals surface area contributed by atoms with Crippen molar-refractivity contribution in [3.05, 3.63) is 101 Å². The highest BCUT2D eigenvalue weighted by atomic mass is 35.5. The van der Waals surface area contributed by atoms with Crippen LogP contribution in [0, 0.1) is 11.8 Å². The molecule has 0 aromatic heterocycles. The molecule has 0 radical (unpaired) electrons. The number of para-hydroxylation sites is 1. The number of carbonyl (C=O) groups is 2. The average molecular weight is 703 g/mol. The van der Waals surface area contributed by atoms with E-state index >= 15 is 0 Å². The van der Waals surface area contributed by atoms with Crippen molar-refractivity contribution >= 4 is 44.8 Å². The molecule has 258 valence electrons. The number of rotatable bonds is 3. The summed E-state index contributed by atoms with van der Waals surface area (Å²) >= 11 is 6.44. The fourth-order valence-electron chi connectivity index (χ4n) is 7.94. The minimum absolute atomic E-state index is 0.0150. The molecule has 3 aromatic carbocycles. The van der Waals surface area contributed by atoms with Crippen LogP contribution in [0.4, 0.5) is 16.2 Å². The Morgan fingerprint density at radius 1 is 1.10 bits per heavy atom. The van der Waals surface area contributed by atoms with Crippen molar-refractivity contribution in [2.24, 2.45) is 16.2 Å². The zero-order valence-electron chi connectivity index (χ0n) is 27.7. The SMILES string of the molecule is CO[C@H]1/C=C/CCC[S@@](=O)(NC(=O)Nc2ccccc2)=NC(=O)c2ccc3c(c2)N(C[C@@H]2CC[C@H]21)C[C@@]1(CCCc2cc(Cl)ccc21)CO3. The van der Waals surface area contributed by atoms with Crippen molar-refractivity contribution in [1.29, 1.82) is 0 Å². The lowest BCUT2D eigenvalue weighted by Gasteiger charge is -2.46. The number of anilines is 2. The number of halogens is 1. The van der Waals surface area contributed by atoms with Crippen LogP contribution in [0.2, 0.25) is 5.02 Å². The molecule has 1 saturated carbocycles. The van der Waals surface area contributed by atoms with Crippen LogP contribution in [0.25, 0.3) is 0 Å². The number of fused-ring (bicyclic) bond motifs is 4. The van der Waals surface area contributed by atoms with Crippen LogP contribution < -0.4 is 19.7 Å². The molecule has 3 amide bonds. The first kappa shape index (κ1) is 33.6. The molecule has 2 N–H and O–H groups in total. The third kappa shape index (κ3) is 7.23. The van der Waals surface area contributed by atoms with E-state index in [1.54, 1.807) is 37.4 Å². The number of amides is 3. The monoisotopic (exact) mass is 702 g/mol. The third-order valence-electron chi connectivity index (χ3n) is 10.5. The summed E-state index contributed by atoms with van der Waals surface area (Å²) in [7, 11) is -1.71. The Morgan fingerprint density at radius 3 is 2.76 bits per heavy atom. The number of nitrogens with one attached hydrogen (secondary N) is 2. The molecule has 3 aromatic rings. The minimum atomic E-state index is -3.47. The first-order valence-electron chi connectivity index (χ1n) is 17.2. The summed E-state index contributed by atoms with van der Waals surface area (Å²) in [5, 5.41) is 3.44. The zero-order chi connectivity index (χ0) is 34.0. The van der Waals surface area contributed by atoms with E-state index in [0.717, 1.165) is 55.9 Å². The lowest BCUT2D eigenvalue weighted by atomic mass is 9.68. The van der Waals surface area contributed by atoms with Gasteiger partial charge < -0.3 is 19.7 Å². The van der Waals surface area contributed by atoms with Gasteiger partial charge in [0.25, 0.3) is 5.91 Å². The van der Waals surface area contributed by atoms with E-state index in [1.165, 1.54) is 11.1 Å². The largest absolute Gasteiger partial charge is 0.490 e. The highest BCUT2D eigenvalue weighted by Crippen LogP contribution is 2.47. The molecule has 9 nitrogen and oxygen atoms in total. The van der Waals surface area contributed by atoms with Gasteiger partial charge >= 0.3 is 6.03 Å². The molecule has 4 aliphatic rings. The summed E-state index contributed by atoms with van der Waals surface area (Å²) in [4.78, 5) is 29.2. The van der Waals surface area contributed by atoms with Gasteiger partial charge in [0.1, 0.15) is 15.7 Å². The Bertz CT molecular complexity index is 1880. The number of urea groups is 1. The van der Waals surface area contributed by atoms with Gasteiger partial charge in [-0.25, -0.2) is 13.7 Å². The van der Waals surface area contributed by atoms with Gasteiger partial charge in [0.05, 0.1) is 24.2 Å². The summed E-state index contributed by atoms with van der Waals surface area (Å²) in [6.45, 7) is 2.01. The van der Waals surface area contributed by atoms with Crippen molar-refractivity contribution in [3.63, 3.8) is 0 Å². The van der Waals surface area contributed by atoms with Crippen LogP contribution in [0.5, 0.6) is 5.75 Å². The van der Waals surface area contributed by atoms with Gasteiger partial charge in [-0.05, 0) is 110 Å². The number of benzene rings is 3. The molecular formula is C38H43ClN4O5S. The average Bonchev–Trinajstić information content (AvgIpc) is 3.22. The quantitative estimate of drug-likeness (QED) is 0.273. The number of nitrogens with zero attached hydrogens (tertiary/aromatic N) is 2. The smallest absolute Gasteiger partial charge is 0.331 e. The summed E-state index contributed by atoms with van der Waals surface area (Å²) < 4.78 is 33.6. The molecule has 2 heterocycles. The Kier molecular flexibility index (Phi) is 9.72. The van der Waals surface area contributed by atoms with Crippen molar-refractivity contribution in [2.75, 3.05) is 42.8 Å². The zero-order valence-corrected chi connectivity index (χ0v) is 29.3. The summed E-state index contributed by atoms with van der Waals surface area (Å²) in [6, 6.07) is 19.7. The highest BCUT2D eigenvalue weighted by Gasteiger charge is 2.44. The van der Waals surface area contributed by atoms with E-state index in [9.17, 15) is 13.8 Å². The van der Waals surface area contributed by atoms with Gasteiger partial charge in [0, 0.05) is 41.9 Å². The lowest BCUT2D eigenvalue weighted by molar-refractivity contribution is 0.0132. The molecular weight excluding hydrogens is 660 g/mol. The molecule has 2 aliphatic heterocycles. The Morgan fingerprint density at radius 2 is 1.96 bits per heavy atom. The van der Waals surface area contributed by atoms with Gasteiger partial charge in [-0.15, -0.1) is 4.36 Å². The Labute approximate surface area is 293 Å². The van der Waals surface area contributed by atoms with E-state index < -0.39 is 21.9 Å². The van der Waals surface area contributed by atoms with Crippen LogP contribution in [0.3, 0.4) is 0 Å². The van der Waals surface area contributed by atoms with E-state index in [1.807, 2.05) is 24.3 Å². The second kappa shape index (κ2) is 14.2. The van der Waals surface area contributed by atoms with Crippen LogP contribution >= 0.6 is 11.6 Å². The number of hydrogen-bond donors (Lipinski definition) is 2. The molecule has 0 saturated heterocycles. The second-order valence-electron chi connectivity index (χ2n) is 13.7. The second-order valence-corrected chi connectivity index (χ2v) is 16.2. The fraction of sp³-hybridized carbons (Fsp3) is 0.421. The van der Waals surface area contributed by atoms with Gasteiger partial charge in [0.15, 0.2) is 0 Å². The molecule has 7 rings (SSSR count). The van der Waals surface area contributed by atoms with Gasteiger partial charge in [0.2, 0.25) is 0 Å². The van der Waals surface area contributed by atoms with E-state index in [2.05, 4.69) is 43.6 Å². The first-order chi connectivity index (χ1) is 23.7. The van der Waals surface area contributed by atoms with Crippen LogP contribution in [0.15, 0.2) is 83.2 Å². The van der Waals surface area contributed by atoms with Crippen LogP contribution in [0.1, 0.15) is 60.0 Å². The third-order valence-corrected chi connectivity index (χ3v) is 12.6. The predicted octanol–water partition coefficient (Wildman–Crippen LogP) is 7.55. The van der Waals surface area contributed by atoms with Crippen molar-refractivity contribution in [1.82, 2.24) is 4.72 Å². The maximum absolute atomic E-state index is 14.2. The standard InChI is InChI=1S/C38H43ClN4O5S/c1-47-34-12-6-3-7-20-49(46,42-37(45)40-30-10-4-2-5-11-30)41-36(44)27-14-18-35-33(22-27)43(23-28-13-16-31(28)34)24-38(25-48-35)19-8-9-26-21-29(39)15-17-32(26)38/h2,4-6,10-12,14-15,17-18,21-22,28,31,34H,3,7-9,13,16,19-20,23-25H2,1H3,(H2,40,41,42,44,45,46)/b12-6+/t28-,31+,34-,38-,49-/m0/s1. The molecule has 2 bridgehead atoms. The molecule has 11 heteroatoms. The molecule has 5 atom stereocenters. The number of carbonyl (C=O) groups excluding carboxylic acids is 2. The number of allylic oxidation sites excluding steroid dienone is 1. The Balaban J connectivity index is 1.27. The molecule has 2 aliphatic carbocycles. The number of aryl methyl sites for hydroxylation is 1. The topological polar surface area (TPSA) is 109 Å². The molecule has 49 heavy (non-hydrogen) atoms. The lowest BCUT2D eigenvalue weighted by Crippen LogP contribution is -2.49. The van der Waals surface area contributed by atoms with Crippen molar-refractivity contribution in [2.45, 2.75) is 56.5 Å². The fourth-order valence-corrected chi connectivity index (χ4v) is 9.64.